The predicted molar refractivity (Wildman–Crippen MR) is 82.9 cm³/mol. The molecule has 22 heavy (non-hydrogen) atoms. The Morgan fingerprint density at radius 3 is 2.55 bits per heavy atom. The van der Waals surface area contributed by atoms with Gasteiger partial charge in [0.25, 0.3) is 11.5 Å². The topological polar surface area (TPSA) is 64.2 Å². The highest BCUT2D eigenvalue weighted by molar-refractivity contribution is 6.02. The van der Waals surface area contributed by atoms with Crippen LogP contribution >= 0.6 is 0 Å². The lowest BCUT2D eigenvalue weighted by atomic mass is 10.3. The number of carbonyl (C=O) groups is 1. The highest BCUT2D eigenvalue weighted by atomic mass is 16.4. The molecule has 0 aliphatic carbocycles. The first-order valence-electron chi connectivity index (χ1n) is 6.83. The van der Waals surface area contributed by atoms with Gasteiger partial charge in [-0.15, -0.1) is 0 Å². The van der Waals surface area contributed by atoms with Crippen LogP contribution in [0.15, 0.2) is 76.1 Å². The smallest absolute Gasteiger partial charge is 0.291 e. The van der Waals surface area contributed by atoms with E-state index in [9.17, 15) is 9.59 Å². The number of para-hydroxylation sites is 1. The van der Waals surface area contributed by atoms with Crippen molar-refractivity contribution < 1.29 is 9.21 Å². The second-order valence-electron chi connectivity index (χ2n) is 4.75. The van der Waals surface area contributed by atoms with Crippen molar-refractivity contribution in [1.82, 2.24) is 4.57 Å². The Bertz CT molecular complexity index is 834. The van der Waals surface area contributed by atoms with E-state index < -0.39 is 0 Å². The Balaban J connectivity index is 1.72. The fraction of sp³-hybridized carbons (Fsp3) is 0.0588. The molecule has 2 aromatic heterocycles. The molecule has 3 rings (SSSR count). The molecule has 5 heteroatoms. The molecule has 0 aliphatic heterocycles. The monoisotopic (exact) mass is 294 g/mol. The van der Waals surface area contributed by atoms with Gasteiger partial charge >= 0.3 is 0 Å². The quantitative estimate of drug-likeness (QED) is 0.804. The van der Waals surface area contributed by atoms with Crippen molar-refractivity contribution in [2.24, 2.45) is 0 Å². The van der Waals surface area contributed by atoms with Crippen molar-refractivity contribution in [2.45, 2.75) is 6.54 Å². The van der Waals surface area contributed by atoms with E-state index in [1.165, 1.54) is 10.6 Å². The fourth-order valence-corrected chi connectivity index (χ4v) is 2.06. The average molecular weight is 294 g/mol. The molecule has 0 bridgehead atoms. The summed E-state index contributed by atoms with van der Waals surface area (Å²) in [7, 11) is 0. The Hall–Kier alpha value is -3.08. The van der Waals surface area contributed by atoms with Gasteiger partial charge in [0.1, 0.15) is 5.76 Å². The number of hydrogen-bond donors (Lipinski definition) is 1. The molecule has 0 aliphatic rings. The predicted octanol–water partition coefficient (Wildman–Crippen LogP) is 2.74. The standard InChI is InChI=1S/C17H14N2O3/c20-16-8-4-5-11-19(16)12-14-9-10-15(22-14)17(21)18-13-6-2-1-3-7-13/h1-11H,12H2,(H,18,21). The number of pyridine rings is 1. The van der Waals surface area contributed by atoms with Gasteiger partial charge in [-0.1, -0.05) is 24.3 Å². The maximum atomic E-state index is 12.1. The summed E-state index contributed by atoms with van der Waals surface area (Å²) >= 11 is 0. The van der Waals surface area contributed by atoms with Crippen LogP contribution in [0.25, 0.3) is 0 Å². The molecule has 110 valence electrons. The van der Waals surface area contributed by atoms with E-state index in [0.717, 1.165) is 0 Å². The minimum Gasteiger partial charge on any atom is -0.454 e. The molecule has 5 nitrogen and oxygen atoms in total. The maximum absolute atomic E-state index is 12.1. The van der Waals surface area contributed by atoms with Gasteiger partial charge in [-0.25, -0.2) is 0 Å². The molecular formula is C17H14N2O3. The molecule has 3 aromatic rings. The molecule has 1 aromatic carbocycles. The van der Waals surface area contributed by atoms with Gasteiger partial charge in [-0.2, -0.15) is 0 Å². The number of furan rings is 1. The maximum Gasteiger partial charge on any atom is 0.291 e. The lowest BCUT2D eigenvalue weighted by Gasteiger charge is -2.03. The van der Waals surface area contributed by atoms with E-state index in [-0.39, 0.29) is 23.8 Å². The van der Waals surface area contributed by atoms with E-state index in [1.54, 1.807) is 42.6 Å². The van der Waals surface area contributed by atoms with Gasteiger partial charge in [0.15, 0.2) is 5.76 Å². The first-order valence-corrected chi connectivity index (χ1v) is 6.83. The molecule has 1 amide bonds. The van der Waals surface area contributed by atoms with Crippen molar-refractivity contribution in [3.8, 4) is 0 Å². The number of amides is 1. The highest BCUT2D eigenvalue weighted by Gasteiger charge is 2.11. The summed E-state index contributed by atoms with van der Waals surface area (Å²) in [5, 5.41) is 2.75. The largest absolute Gasteiger partial charge is 0.454 e. The molecule has 0 unspecified atom stereocenters. The Kier molecular flexibility index (Phi) is 3.87. The van der Waals surface area contributed by atoms with Crippen molar-refractivity contribution in [3.05, 3.63) is 88.7 Å². The molecular weight excluding hydrogens is 280 g/mol. The highest BCUT2D eigenvalue weighted by Crippen LogP contribution is 2.12. The minimum absolute atomic E-state index is 0.116. The first kappa shape index (κ1) is 13.9. The number of rotatable bonds is 4. The van der Waals surface area contributed by atoms with Crippen LogP contribution in [0.1, 0.15) is 16.3 Å². The van der Waals surface area contributed by atoms with Crippen LogP contribution in [-0.2, 0) is 6.54 Å². The minimum atomic E-state index is -0.321. The van der Waals surface area contributed by atoms with E-state index in [2.05, 4.69) is 5.32 Å². The third-order valence-corrected chi connectivity index (χ3v) is 3.14. The zero-order valence-corrected chi connectivity index (χ0v) is 11.7. The molecule has 1 N–H and O–H groups in total. The molecule has 0 radical (unpaired) electrons. The zero-order chi connectivity index (χ0) is 15.4. The van der Waals surface area contributed by atoms with Gasteiger partial charge in [0.05, 0.1) is 6.54 Å². The van der Waals surface area contributed by atoms with E-state index >= 15 is 0 Å². The fourth-order valence-electron chi connectivity index (χ4n) is 2.06. The van der Waals surface area contributed by atoms with Crippen LogP contribution in [0.3, 0.4) is 0 Å². The van der Waals surface area contributed by atoms with Gasteiger partial charge < -0.3 is 14.3 Å². The van der Waals surface area contributed by atoms with Gasteiger partial charge in [-0.05, 0) is 30.3 Å². The number of anilines is 1. The number of benzene rings is 1. The van der Waals surface area contributed by atoms with E-state index in [0.29, 0.717) is 11.4 Å². The second-order valence-corrected chi connectivity index (χ2v) is 4.75. The van der Waals surface area contributed by atoms with Crippen molar-refractivity contribution >= 4 is 11.6 Å². The summed E-state index contributed by atoms with van der Waals surface area (Å²) in [6, 6.07) is 17.4. The number of aromatic nitrogens is 1. The molecule has 2 heterocycles. The lowest BCUT2D eigenvalue weighted by molar-refractivity contribution is 0.0995. The first-order chi connectivity index (χ1) is 10.7. The average Bonchev–Trinajstić information content (AvgIpc) is 2.99. The molecule has 0 saturated carbocycles. The number of nitrogens with zero attached hydrogens (tertiary/aromatic N) is 1. The summed E-state index contributed by atoms with van der Waals surface area (Å²) in [6.07, 6.45) is 1.68. The Morgan fingerprint density at radius 1 is 1.00 bits per heavy atom. The van der Waals surface area contributed by atoms with Crippen LogP contribution in [0, 0.1) is 0 Å². The molecule has 0 atom stereocenters. The van der Waals surface area contributed by atoms with Crippen LogP contribution in [-0.4, -0.2) is 10.5 Å². The van der Waals surface area contributed by atoms with Gasteiger partial charge in [0.2, 0.25) is 0 Å². The van der Waals surface area contributed by atoms with Crippen LogP contribution in [0.5, 0.6) is 0 Å². The summed E-state index contributed by atoms with van der Waals surface area (Å²) in [6.45, 7) is 0.290. The van der Waals surface area contributed by atoms with Crippen molar-refractivity contribution in [2.75, 3.05) is 5.32 Å². The Labute approximate surface area is 126 Å². The van der Waals surface area contributed by atoms with E-state index in [4.69, 9.17) is 4.42 Å². The second kappa shape index (κ2) is 6.13. The van der Waals surface area contributed by atoms with Gasteiger partial charge in [-0.3, -0.25) is 9.59 Å². The lowest BCUT2D eigenvalue weighted by Crippen LogP contribution is -2.18. The molecule has 0 spiro atoms. The number of nitrogens with one attached hydrogen (secondary N) is 1. The third-order valence-electron chi connectivity index (χ3n) is 3.14. The molecule has 0 saturated heterocycles. The summed E-state index contributed by atoms with van der Waals surface area (Å²) in [5.74, 6) is 0.437. The Morgan fingerprint density at radius 2 is 1.77 bits per heavy atom. The van der Waals surface area contributed by atoms with Gasteiger partial charge in [0, 0.05) is 18.0 Å². The number of hydrogen-bond acceptors (Lipinski definition) is 3. The van der Waals surface area contributed by atoms with Crippen molar-refractivity contribution in [1.29, 1.82) is 0 Å². The van der Waals surface area contributed by atoms with Crippen LogP contribution in [0.4, 0.5) is 5.69 Å². The third kappa shape index (κ3) is 3.15. The SMILES string of the molecule is O=C(Nc1ccccc1)c1ccc(Cn2ccccc2=O)o1. The van der Waals surface area contributed by atoms with Crippen molar-refractivity contribution in [3.63, 3.8) is 0 Å². The summed E-state index contributed by atoms with van der Waals surface area (Å²) in [4.78, 5) is 23.7. The van der Waals surface area contributed by atoms with E-state index in [1.807, 2.05) is 18.2 Å². The molecule has 0 fully saturated rings. The van der Waals surface area contributed by atoms with Crippen LogP contribution in [0.2, 0.25) is 0 Å². The van der Waals surface area contributed by atoms with Crippen LogP contribution < -0.4 is 10.9 Å². The number of carbonyl (C=O) groups excluding carboxylic acids is 1. The zero-order valence-electron chi connectivity index (χ0n) is 11.7. The summed E-state index contributed by atoms with van der Waals surface area (Å²) < 4.78 is 7.02. The normalized spacial score (nSPS) is 10.4. The summed E-state index contributed by atoms with van der Waals surface area (Å²) in [5.41, 5.74) is 0.582.